The fraction of sp³-hybridized carbons (Fsp3) is 1.00. The van der Waals surface area contributed by atoms with Crippen LogP contribution in [0.25, 0.3) is 0 Å². The molecule has 0 bridgehead atoms. The highest BCUT2D eigenvalue weighted by molar-refractivity contribution is 7.47. The average molecular weight is 174 g/mol. The van der Waals surface area contributed by atoms with Crippen LogP contribution >= 0.6 is 16.5 Å². The summed E-state index contributed by atoms with van der Waals surface area (Å²) in [6, 6.07) is 0. The van der Waals surface area contributed by atoms with Crippen LogP contribution in [0.15, 0.2) is 0 Å². The van der Waals surface area contributed by atoms with Gasteiger partial charge in [-0.05, 0) is 0 Å². The smallest absolute Gasteiger partial charge is 0.367 e. The Hall–Kier alpha value is 0.0400. The Bertz CT molecular complexity index is 120. The minimum absolute atomic E-state index is 0.807. The van der Waals surface area contributed by atoms with Gasteiger partial charge in [0.25, 0.3) is 0 Å². The van der Waals surface area contributed by atoms with Crippen molar-refractivity contribution >= 4 is 16.5 Å². The quantitative estimate of drug-likeness (QED) is 0.469. The Morgan fingerprint density at radius 2 is 2.00 bits per heavy atom. The third kappa shape index (κ3) is 5.92. The minimum atomic E-state index is -2.92. The maximum Gasteiger partial charge on any atom is 0.750 e. The van der Waals surface area contributed by atoms with Crippen LogP contribution in [0.3, 0.4) is 0 Å². The van der Waals surface area contributed by atoms with Gasteiger partial charge in [0.05, 0.1) is 0 Å². The molecule has 0 aromatic heterocycles. The zero-order chi connectivity index (χ0) is 7.28. The van der Waals surface area contributed by atoms with Crippen molar-refractivity contribution in [1.82, 2.24) is 0 Å². The van der Waals surface area contributed by atoms with E-state index in [1.807, 2.05) is 0 Å². The van der Waals surface area contributed by atoms with E-state index in [1.165, 1.54) is 0 Å². The van der Waals surface area contributed by atoms with Crippen LogP contribution in [0.5, 0.6) is 0 Å². The highest BCUT2D eigenvalue weighted by Gasteiger charge is 2.36. The third-order valence-electron chi connectivity index (χ3n) is 0.300. The van der Waals surface area contributed by atoms with Gasteiger partial charge in [0, 0.05) is 9.13 Å². The molecule has 6 nitrogen and oxygen atoms in total. The Balaban J connectivity index is 3.39. The molecule has 0 aliphatic rings. The van der Waals surface area contributed by atoms with E-state index in [4.69, 9.17) is 10.00 Å². The first-order valence-corrected chi connectivity index (χ1v) is 3.94. The molecule has 52 valence electrons. The Labute approximate surface area is 52.3 Å². The van der Waals surface area contributed by atoms with Crippen molar-refractivity contribution < 1.29 is 28.0 Å². The Kier molecular flexibility index (Phi) is 4.90. The van der Waals surface area contributed by atoms with Crippen molar-refractivity contribution in [2.45, 2.75) is 0 Å². The molecule has 0 heterocycles. The van der Waals surface area contributed by atoms with Gasteiger partial charge in [-0.1, -0.05) is 4.52 Å². The van der Waals surface area contributed by atoms with E-state index in [1.54, 1.807) is 0 Å². The third-order valence-corrected chi connectivity index (χ3v) is 1.72. The van der Waals surface area contributed by atoms with Gasteiger partial charge in [-0.2, -0.15) is 0 Å². The molecule has 0 amide bonds. The molecule has 0 radical (unpaired) electrons. The van der Waals surface area contributed by atoms with Crippen molar-refractivity contribution in [2.24, 2.45) is 0 Å². The summed E-state index contributed by atoms with van der Waals surface area (Å²) in [5.74, 6) is 0. The number of hydrogen-bond acceptors (Lipinski definition) is 5. The number of aliphatic hydroxyl groups excluding tert-OH is 1. The van der Waals surface area contributed by atoms with E-state index in [0.717, 1.165) is 0 Å². The van der Waals surface area contributed by atoms with Gasteiger partial charge in [0.15, 0.2) is 4.31 Å². The normalized spacial score (nSPS) is 13.1. The van der Waals surface area contributed by atoms with Crippen LogP contribution in [-0.2, 0) is 18.0 Å². The summed E-state index contributed by atoms with van der Waals surface area (Å²) in [4.78, 5) is 7.89. The van der Waals surface area contributed by atoms with Gasteiger partial charge in [-0.15, -0.1) is 4.89 Å². The molecule has 0 aliphatic heterocycles. The second kappa shape index (κ2) is 4.88. The van der Waals surface area contributed by atoms with Gasteiger partial charge < -0.3 is 5.11 Å². The lowest BCUT2D eigenvalue weighted by atomic mass is 11.6. The summed E-state index contributed by atoms with van der Waals surface area (Å²) in [7, 11) is -5.58. The molecule has 2 unspecified atom stereocenters. The second-order valence-corrected chi connectivity index (χ2v) is 2.64. The van der Waals surface area contributed by atoms with Crippen LogP contribution in [0, 0.1) is 0 Å². The Morgan fingerprint density at radius 1 is 1.44 bits per heavy atom. The molecule has 0 rings (SSSR count). The predicted octanol–water partition coefficient (Wildman–Crippen LogP) is 0.276. The molecule has 0 spiro atoms. The van der Waals surface area contributed by atoms with E-state index < -0.39 is 23.3 Å². The summed E-state index contributed by atoms with van der Waals surface area (Å²) in [5, 5.41) is 7.89. The molecule has 0 aliphatic carbocycles. The molecule has 2 N–H and O–H groups in total. The largest absolute Gasteiger partial charge is 0.750 e. The van der Waals surface area contributed by atoms with Gasteiger partial charge in [-0.25, -0.2) is 0 Å². The van der Waals surface area contributed by atoms with E-state index in [-0.39, 0.29) is 0 Å². The lowest BCUT2D eigenvalue weighted by molar-refractivity contribution is 0.0959. The topological polar surface area (TPSA) is 93.1 Å². The number of aliphatic hydroxyl groups is 1. The molecule has 0 aromatic rings. The van der Waals surface area contributed by atoms with Crippen LogP contribution in [0.2, 0.25) is 0 Å². The van der Waals surface area contributed by atoms with Crippen molar-refractivity contribution in [2.75, 3.05) is 6.79 Å². The van der Waals surface area contributed by atoms with Gasteiger partial charge >= 0.3 is 16.5 Å². The first-order valence-electron chi connectivity index (χ1n) is 1.72. The van der Waals surface area contributed by atoms with E-state index in [9.17, 15) is 9.13 Å². The van der Waals surface area contributed by atoms with Crippen molar-refractivity contribution in [1.29, 1.82) is 0 Å². The van der Waals surface area contributed by atoms with Gasteiger partial charge in [0.2, 0.25) is 6.79 Å². The van der Waals surface area contributed by atoms with Crippen molar-refractivity contribution in [3.63, 3.8) is 0 Å². The van der Waals surface area contributed by atoms with Gasteiger partial charge in [0.1, 0.15) is 0 Å². The van der Waals surface area contributed by atoms with E-state index in [0.29, 0.717) is 0 Å². The zero-order valence-corrected chi connectivity index (χ0v) is 5.92. The molecule has 2 atom stereocenters. The predicted molar refractivity (Wildman–Crippen MR) is 26.7 cm³/mol. The van der Waals surface area contributed by atoms with Gasteiger partial charge in [-0.3, -0.25) is 0 Å². The number of rotatable bonds is 4. The first kappa shape index (κ1) is 9.04. The van der Waals surface area contributed by atoms with Crippen molar-refractivity contribution in [3.8, 4) is 0 Å². The zero-order valence-electron chi connectivity index (χ0n) is 4.13. The first-order chi connectivity index (χ1) is 4.16. The van der Waals surface area contributed by atoms with Crippen LogP contribution in [-0.4, -0.2) is 16.8 Å². The minimum Gasteiger partial charge on any atom is -0.367 e. The van der Waals surface area contributed by atoms with Crippen LogP contribution < -0.4 is 0 Å². The summed E-state index contributed by atoms with van der Waals surface area (Å²) >= 11 is 0. The lowest BCUT2D eigenvalue weighted by Gasteiger charge is -1.70. The van der Waals surface area contributed by atoms with E-state index in [2.05, 4.69) is 8.83 Å². The molecular weight excluding hydrogens is 170 g/mol. The van der Waals surface area contributed by atoms with Crippen molar-refractivity contribution in [3.05, 3.63) is 0 Å². The van der Waals surface area contributed by atoms with Crippen LogP contribution in [0.4, 0.5) is 0 Å². The van der Waals surface area contributed by atoms with Crippen LogP contribution in [0.1, 0.15) is 0 Å². The summed E-state index contributed by atoms with van der Waals surface area (Å²) in [6.07, 6.45) is 0. The summed E-state index contributed by atoms with van der Waals surface area (Å²) in [5.41, 5.74) is 0. The highest BCUT2D eigenvalue weighted by Crippen LogP contribution is 2.35. The monoisotopic (exact) mass is 174 g/mol. The fourth-order valence-corrected chi connectivity index (χ4v) is 0.867. The maximum absolute atomic E-state index is 10.1. The summed E-state index contributed by atoms with van der Waals surface area (Å²) in [6.45, 7) is -0.807. The Morgan fingerprint density at radius 3 is 2.33 bits per heavy atom. The molecule has 8 heteroatoms. The molecule has 0 saturated carbocycles. The second-order valence-electron chi connectivity index (χ2n) is 0.801. The molecule has 9 heavy (non-hydrogen) atoms. The molecular formula is CH4O6P2+2. The fourth-order valence-electron chi connectivity index (χ4n) is 0.128. The summed E-state index contributed by atoms with van der Waals surface area (Å²) < 4.78 is 27.3. The number of hydrogen-bond donors (Lipinski definition) is 2. The molecule has 0 aromatic carbocycles. The molecule has 0 fully saturated rings. The maximum atomic E-state index is 10.1. The molecule has 0 saturated heterocycles. The SMILES string of the molecule is O=[P+](O)O[P+](=O)OCO. The average Bonchev–Trinajstić information content (AvgIpc) is 1.63. The lowest BCUT2D eigenvalue weighted by Crippen LogP contribution is -1.80. The highest BCUT2D eigenvalue weighted by atomic mass is 31.2. The van der Waals surface area contributed by atoms with E-state index >= 15 is 0 Å². The standard InChI is InChI=1S/CH3O6P2/c2-1-6-9(5)7-8(3)4/h2H,1H2/q+1/p+1.